The Morgan fingerprint density at radius 2 is 0.857 bits per heavy atom. The summed E-state index contributed by atoms with van der Waals surface area (Å²) < 4.78 is 21.7. The SMILES string of the molecule is CCO[Si](OCC)(OCC)OCC.[La]. The van der Waals surface area contributed by atoms with Gasteiger partial charge in [-0.3, -0.25) is 0 Å². The summed E-state index contributed by atoms with van der Waals surface area (Å²) in [5, 5.41) is 0. The van der Waals surface area contributed by atoms with Gasteiger partial charge in [0.25, 0.3) is 0 Å². The van der Waals surface area contributed by atoms with Gasteiger partial charge in [0, 0.05) is 62.0 Å². The van der Waals surface area contributed by atoms with Gasteiger partial charge in [-0.05, 0) is 27.7 Å². The molecular formula is C8H20LaO4Si. The first kappa shape index (κ1) is 17.6. The van der Waals surface area contributed by atoms with Crippen molar-refractivity contribution in [2.24, 2.45) is 0 Å². The summed E-state index contributed by atoms with van der Waals surface area (Å²) in [6, 6.07) is 0. The van der Waals surface area contributed by atoms with E-state index in [2.05, 4.69) is 0 Å². The van der Waals surface area contributed by atoms with Gasteiger partial charge in [0.15, 0.2) is 0 Å². The van der Waals surface area contributed by atoms with Crippen LogP contribution in [0.5, 0.6) is 0 Å². The Labute approximate surface area is 116 Å². The van der Waals surface area contributed by atoms with Crippen molar-refractivity contribution in [3.8, 4) is 0 Å². The summed E-state index contributed by atoms with van der Waals surface area (Å²) in [6.07, 6.45) is 0. The second kappa shape index (κ2) is 10.8. The van der Waals surface area contributed by atoms with Gasteiger partial charge in [0.05, 0.1) is 0 Å². The maximum absolute atomic E-state index is 5.42. The van der Waals surface area contributed by atoms with E-state index in [0.717, 1.165) is 0 Å². The van der Waals surface area contributed by atoms with Gasteiger partial charge in [0.1, 0.15) is 0 Å². The molecule has 4 nitrogen and oxygen atoms in total. The Morgan fingerprint density at radius 1 is 0.643 bits per heavy atom. The minimum Gasteiger partial charge on any atom is -0.351 e. The van der Waals surface area contributed by atoms with Gasteiger partial charge in [-0.1, -0.05) is 0 Å². The molecule has 0 bridgehead atoms. The first-order valence-corrected chi connectivity index (χ1v) is 6.43. The van der Waals surface area contributed by atoms with Crippen molar-refractivity contribution in [2.75, 3.05) is 26.4 Å². The average molecular weight is 347 g/mol. The largest absolute Gasteiger partial charge is 0.679 e. The van der Waals surface area contributed by atoms with Crippen LogP contribution in [0.4, 0.5) is 0 Å². The molecule has 0 unspecified atom stereocenters. The monoisotopic (exact) mass is 347 g/mol. The van der Waals surface area contributed by atoms with E-state index in [1.807, 2.05) is 27.7 Å². The standard InChI is InChI=1S/C8H20O4Si.La/c1-5-9-13(10-6-2,11-7-3)12-8-4;/h5-8H2,1-4H3;. The minimum absolute atomic E-state index is 0. The molecule has 14 heavy (non-hydrogen) atoms. The number of hydrogen-bond donors (Lipinski definition) is 0. The third-order valence-corrected chi connectivity index (χ3v) is 3.85. The summed E-state index contributed by atoms with van der Waals surface area (Å²) in [7, 11) is -2.80. The van der Waals surface area contributed by atoms with Crippen LogP contribution in [0, 0.1) is 35.6 Å². The van der Waals surface area contributed by atoms with E-state index in [0.29, 0.717) is 26.4 Å². The van der Waals surface area contributed by atoms with Crippen LogP contribution in [0.3, 0.4) is 0 Å². The predicted octanol–water partition coefficient (Wildman–Crippen LogP) is 1.57. The summed E-state index contributed by atoms with van der Waals surface area (Å²) in [6.45, 7) is 9.80. The van der Waals surface area contributed by atoms with E-state index in [1.54, 1.807) is 0 Å². The zero-order valence-electron chi connectivity index (χ0n) is 9.54. The molecule has 0 spiro atoms. The molecule has 0 saturated heterocycles. The molecule has 0 amide bonds. The molecule has 0 aliphatic rings. The van der Waals surface area contributed by atoms with Gasteiger partial charge in [-0.25, -0.2) is 0 Å². The molecule has 0 aromatic carbocycles. The van der Waals surface area contributed by atoms with Gasteiger partial charge in [-0.2, -0.15) is 0 Å². The molecule has 0 aliphatic carbocycles. The zero-order chi connectivity index (χ0) is 10.2. The normalized spacial score (nSPS) is 11.1. The van der Waals surface area contributed by atoms with Crippen molar-refractivity contribution >= 4 is 9.05 Å². The fraction of sp³-hybridized carbons (Fsp3) is 1.00. The molecule has 0 aromatic heterocycles. The second-order valence-electron chi connectivity index (χ2n) is 2.23. The molecule has 0 aliphatic heterocycles. The van der Waals surface area contributed by atoms with Crippen LogP contribution in [0.1, 0.15) is 27.7 Å². The molecule has 0 heterocycles. The van der Waals surface area contributed by atoms with E-state index in [9.17, 15) is 0 Å². The Balaban J connectivity index is 0. The van der Waals surface area contributed by atoms with Crippen molar-refractivity contribution in [1.82, 2.24) is 0 Å². The molecule has 6 heteroatoms. The topological polar surface area (TPSA) is 36.9 Å². The third-order valence-electron chi connectivity index (χ3n) is 1.28. The fourth-order valence-electron chi connectivity index (χ4n) is 0.957. The van der Waals surface area contributed by atoms with Crippen LogP contribution < -0.4 is 0 Å². The van der Waals surface area contributed by atoms with Crippen molar-refractivity contribution in [1.29, 1.82) is 0 Å². The van der Waals surface area contributed by atoms with Crippen molar-refractivity contribution < 1.29 is 53.3 Å². The molecule has 0 aromatic rings. The van der Waals surface area contributed by atoms with Crippen molar-refractivity contribution in [2.45, 2.75) is 27.7 Å². The van der Waals surface area contributed by atoms with Crippen molar-refractivity contribution in [3.05, 3.63) is 0 Å². The zero-order valence-corrected chi connectivity index (χ0v) is 14.2. The average Bonchev–Trinajstić information content (AvgIpc) is 2.06. The van der Waals surface area contributed by atoms with Gasteiger partial charge in [0.2, 0.25) is 0 Å². The molecule has 0 fully saturated rings. The smallest absolute Gasteiger partial charge is 0.351 e. The number of rotatable bonds is 8. The maximum atomic E-state index is 5.42. The maximum Gasteiger partial charge on any atom is 0.679 e. The minimum atomic E-state index is -2.80. The van der Waals surface area contributed by atoms with Crippen LogP contribution >= 0.6 is 0 Å². The molecule has 0 saturated carbocycles. The molecule has 0 N–H and O–H groups in total. The summed E-state index contributed by atoms with van der Waals surface area (Å²) in [5.41, 5.74) is 0. The van der Waals surface area contributed by atoms with Gasteiger partial charge in [-0.15, -0.1) is 0 Å². The summed E-state index contributed by atoms with van der Waals surface area (Å²) in [4.78, 5) is 0. The van der Waals surface area contributed by atoms with E-state index in [1.165, 1.54) is 0 Å². The Bertz CT molecular complexity index is 96.4. The van der Waals surface area contributed by atoms with Crippen LogP contribution in [0.15, 0.2) is 0 Å². The van der Waals surface area contributed by atoms with Crippen LogP contribution in [-0.2, 0) is 17.7 Å². The van der Waals surface area contributed by atoms with Crippen molar-refractivity contribution in [3.63, 3.8) is 0 Å². The molecule has 0 rings (SSSR count). The summed E-state index contributed by atoms with van der Waals surface area (Å²) in [5.74, 6) is 0. The molecule has 83 valence electrons. The van der Waals surface area contributed by atoms with Gasteiger partial charge >= 0.3 is 9.05 Å². The third kappa shape index (κ3) is 6.68. The van der Waals surface area contributed by atoms with Gasteiger partial charge < -0.3 is 17.7 Å². The predicted molar refractivity (Wildman–Crippen MR) is 52.3 cm³/mol. The van der Waals surface area contributed by atoms with Crippen LogP contribution in [0.2, 0.25) is 0 Å². The van der Waals surface area contributed by atoms with E-state index in [4.69, 9.17) is 17.7 Å². The van der Waals surface area contributed by atoms with E-state index >= 15 is 0 Å². The first-order chi connectivity index (χ1) is 6.24. The summed E-state index contributed by atoms with van der Waals surface area (Å²) >= 11 is 0. The fourth-order valence-corrected chi connectivity index (χ4v) is 2.87. The Morgan fingerprint density at radius 3 is 1.00 bits per heavy atom. The first-order valence-electron chi connectivity index (χ1n) is 4.80. The Kier molecular flexibility index (Phi) is 13.6. The second-order valence-corrected chi connectivity index (χ2v) is 4.39. The van der Waals surface area contributed by atoms with Crippen LogP contribution in [0.25, 0.3) is 0 Å². The number of hydrogen-bond acceptors (Lipinski definition) is 4. The van der Waals surface area contributed by atoms with E-state index < -0.39 is 9.05 Å². The molecule has 1 radical (unpaired) electrons. The molecule has 0 atom stereocenters. The quantitative estimate of drug-likeness (QED) is 0.625. The Hall–Kier alpha value is 1.25. The molecular weight excluding hydrogens is 327 g/mol. The van der Waals surface area contributed by atoms with E-state index in [-0.39, 0.29) is 35.6 Å². The van der Waals surface area contributed by atoms with Crippen LogP contribution in [-0.4, -0.2) is 35.5 Å².